The van der Waals surface area contributed by atoms with Gasteiger partial charge in [-0.2, -0.15) is 0 Å². The van der Waals surface area contributed by atoms with Crippen LogP contribution in [0, 0.1) is 5.41 Å². The van der Waals surface area contributed by atoms with Crippen LogP contribution in [0.25, 0.3) is 0 Å². The van der Waals surface area contributed by atoms with Crippen molar-refractivity contribution in [2.24, 2.45) is 10.4 Å². The van der Waals surface area contributed by atoms with Crippen molar-refractivity contribution >= 4 is 5.96 Å². The van der Waals surface area contributed by atoms with Crippen LogP contribution < -0.4 is 20.1 Å². The van der Waals surface area contributed by atoms with Crippen LogP contribution in [-0.2, 0) is 11.3 Å². The molecule has 0 heterocycles. The Morgan fingerprint density at radius 3 is 2.58 bits per heavy atom. The van der Waals surface area contributed by atoms with E-state index in [9.17, 15) is 0 Å². The number of nitrogens with one attached hydrogen (secondary N) is 2. The molecular weight excluding hydrogens is 330 g/mol. The summed E-state index contributed by atoms with van der Waals surface area (Å²) >= 11 is 0. The second kappa shape index (κ2) is 10.3. The molecule has 2 rings (SSSR count). The number of methoxy groups -OCH3 is 2. The Morgan fingerprint density at radius 2 is 2.00 bits per heavy atom. The van der Waals surface area contributed by atoms with Crippen molar-refractivity contribution in [3.8, 4) is 11.5 Å². The Labute approximate surface area is 157 Å². The fourth-order valence-electron chi connectivity index (χ4n) is 3.29. The zero-order valence-electron chi connectivity index (χ0n) is 16.6. The predicted molar refractivity (Wildman–Crippen MR) is 105 cm³/mol. The summed E-state index contributed by atoms with van der Waals surface area (Å²) in [6, 6.07) is 5.98. The third kappa shape index (κ3) is 5.53. The van der Waals surface area contributed by atoms with Crippen LogP contribution in [-0.4, -0.2) is 47.0 Å². The number of ether oxygens (including phenoxy) is 3. The van der Waals surface area contributed by atoms with Crippen LogP contribution in [0.1, 0.15) is 38.2 Å². The molecule has 0 aliphatic heterocycles. The van der Waals surface area contributed by atoms with Crippen LogP contribution in [0.3, 0.4) is 0 Å². The predicted octanol–water partition coefficient (Wildman–Crippen LogP) is 2.97. The second-order valence-corrected chi connectivity index (χ2v) is 6.79. The van der Waals surface area contributed by atoms with Crippen molar-refractivity contribution in [3.63, 3.8) is 0 Å². The first kappa shape index (κ1) is 20.4. The van der Waals surface area contributed by atoms with E-state index in [1.54, 1.807) is 21.3 Å². The average Bonchev–Trinajstić information content (AvgIpc) is 2.63. The molecule has 1 saturated carbocycles. The zero-order chi connectivity index (χ0) is 18.8. The van der Waals surface area contributed by atoms with Gasteiger partial charge < -0.3 is 24.8 Å². The number of rotatable bonds is 10. The van der Waals surface area contributed by atoms with Gasteiger partial charge in [-0.1, -0.05) is 12.5 Å². The molecule has 6 heteroatoms. The molecule has 0 aromatic heterocycles. The monoisotopic (exact) mass is 363 g/mol. The molecule has 0 unspecified atom stereocenters. The first-order valence-corrected chi connectivity index (χ1v) is 9.39. The van der Waals surface area contributed by atoms with E-state index in [0.29, 0.717) is 18.6 Å². The lowest BCUT2D eigenvalue weighted by Gasteiger charge is -2.42. The number of hydrogen-bond acceptors (Lipinski definition) is 4. The topological polar surface area (TPSA) is 64.1 Å². The molecule has 0 spiro atoms. The van der Waals surface area contributed by atoms with Gasteiger partial charge in [0, 0.05) is 33.9 Å². The van der Waals surface area contributed by atoms with Gasteiger partial charge in [0.1, 0.15) is 0 Å². The Bertz CT molecular complexity index is 586. The van der Waals surface area contributed by atoms with Gasteiger partial charge in [0.25, 0.3) is 0 Å². The molecular formula is C20H33N3O3. The maximum atomic E-state index is 5.64. The molecule has 1 aromatic carbocycles. The highest BCUT2D eigenvalue weighted by Crippen LogP contribution is 2.43. The Morgan fingerprint density at radius 1 is 1.19 bits per heavy atom. The Hall–Kier alpha value is -1.95. The molecule has 1 aliphatic carbocycles. The lowest BCUT2D eigenvalue weighted by atomic mass is 9.67. The van der Waals surface area contributed by atoms with Crippen LogP contribution in [0.4, 0.5) is 0 Å². The van der Waals surface area contributed by atoms with Crippen molar-refractivity contribution in [1.82, 2.24) is 10.6 Å². The number of aliphatic imine (C=N–C) groups is 1. The minimum atomic E-state index is 0.357. The summed E-state index contributed by atoms with van der Waals surface area (Å²) in [5.74, 6) is 2.34. The summed E-state index contributed by atoms with van der Waals surface area (Å²) in [5.41, 5.74) is 1.48. The van der Waals surface area contributed by atoms with E-state index < -0.39 is 0 Å². The molecule has 26 heavy (non-hydrogen) atoms. The Kier molecular flexibility index (Phi) is 8.04. The molecule has 0 amide bonds. The third-order valence-electron chi connectivity index (χ3n) is 5.09. The van der Waals surface area contributed by atoms with E-state index in [1.807, 2.05) is 25.1 Å². The molecule has 2 N–H and O–H groups in total. The molecule has 0 bridgehead atoms. The van der Waals surface area contributed by atoms with Crippen LogP contribution in [0.5, 0.6) is 11.5 Å². The normalized spacial score (nSPS) is 15.9. The lowest BCUT2D eigenvalue weighted by molar-refractivity contribution is 0.0732. The van der Waals surface area contributed by atoms with Crippen molar-refractivity contribution in [2.75, 3.05) is 41.0 Å². The van der Waals surface area contributed by atoms with Gasteiger partial charge in [0.15, 0.2) is 17.5 Å². The first-order chi connectivity index (χ1) is 12.7. The van der Waals surface area contributed by atoms with Gasteiger partial charge in [0.2, 0.25) is 0 Å². The number of guanidine groups is 1. The molecule has 1 fully saturated rings. The highest BCUT2D eigenvalue weighted by Gasteiger charge is 2.36. The molecule has 0 radical (unpaired) electrons. The summed E-state index contributed by atoms with van der Waals surface area (Å²) < 4.78 is 16.2. The highest BCUT2D eigenvalue weighted by atomic mass is 16.5. The smallest absolute Gasteiger partial charge is 0.191 e. The molecule has 0 atom stereocenters. The fourth-order valence-corrected chi connectivity index (χ4v) is 3.29. The largest absolute Gasteiger partial charge is 0.493 e. The summed E-state index contributed by atoms with van der Waals surface area (Å²) in [6.07, 6.45) is 4.93. The third-order valence-corrected chi connectivity index (χ3v) is 5.09. The minimum absolute atomic E-state index is 0.357. The standard InChI is InChI=1S/C20H33N3O3/c1-5-26-18-13-16(7-8-17(18)25-4)14-22-19(21-2)23-15-20(9-6-10-20)11-12-24-3/h7-8,13H,5-6,9-12,14-15H2,1-4H3,(H2,21,22,23). The second-order valence-electron chi connectivity index (χ2n) is 6.79. The van der Waals surface area contributed by atoms with Gasteiger partial charge in [-0.05, 0) is 49.3 Å². The van der Waals surface area contributed by atoms with E-state index >= 15 is 0 Å². The van der Waals surface area contributed by atoms with Crippen molar-refractivity contribution in [2.45, 2.75) is 39.2 Å². The SMILES string of the molecule is CCOc1cc(CNC(=NC)NCC2(CCOC)CCC2)ccc1OC. The van der Waals surface area contributed by atoms with Gasteiger partial charge >= 0.3 is 0 Å². The van der Waals surface area contributed by atoms with Gasteiger partial charge in [0.05, 0.1) is 13.7 Å². The maximum absolute atomic E-state index is 5.64. The minimum Gasteiger partial charge on any atom is -0.493 e. The van der Waals surface area contributed by atoms with E-state index in [4.69, 9.17) is 14.2 Å². The van der Waals surface area contributed by atoms with E-state index in [-0.39, 0.29) is 0 Å². The van der Waals surface area contributed by atoms with Crippen molar-refractivity contribution in [1.29, 1.82) is 0 Å². The summed E-state index contributed by atoms with van der Waals surface area (Å²) in [7, 11) is 5.23. The maximum Gasteiger partial charge on any atom is 0.191 e. The summed E-state index contributed by atoms with van der Waals surface area (Å²) in [5, 5.41) is 6.86. The number of hydrogen-bond donors (Lipinski definition) is 2. The quantitative estimate of drug-likeness (QED) is 0.494. The average molecular weight is 364 g/mol. The van der Waals surface area contributed by atoms with E-state index in [0.717, 1.165) is 42.6 Å². The molecule has 6 nitrogen and oxygen atoms in total. The van der Waals surface area contributed by atoms with Crippen LogP contribution in [0.2, 0.25) is 0 Å². The zero-order valence-corrected chi connectivity index (χ0v) is 16.6. The fraction of sp³-hybridized carbons (Fsp3) is 0.650. The van der Waals surface area contributed by atoms with Crippen LogP contribution in [0.15, 0.2) is 23.2 Å². The Balaban J connectivity index is 1.87. The molecule has 0 saturated heterocycles. The molecule has 146 valence electrons. The number of benzene rings is 1. The first-order valence-electron chi connectivity index (χ1n) is 9.39. The van der Waals surface area contributed by atoms with Crippen molar-refractivity contribution < 1.29 is 14.2 Å². The summed E-state index contributed by atoms with van der Waals surface area (Å²) in [6.45, 7) is 5.01. The molecule has 1 aliphatic rings. The highest BCUT2D eigenvalue weighted by molar-refractivity contribution is 5.79. The van der Waals surface area contributed by atoms with Gasteiger partial charge in [-0.3, -0.25) is 4.99 Å². The van der Waals surface area contributed by atoms with Gasteiger partial charge in [-0.15, -0.1) is 0 Å². The lowest BCUT2D eigenvalue weighted by Crippen LogP contribution is -2.46. The number of nitrogens with zero attached hydrogens (tertiary/aromatic N) is 1. The van der Waals surface area contributed by atoms with E-state index in [2.05, 4.69) is 15.6 Å². The summed E-state index contributed by atoms with van der Waals surface area (Å²) in [4.78, 5) is 4.34. The van der Waals surface area contributed by atoms with Crippen LogP contribution >= 0.6 is 0 Å². The van der Waals surface area contributed by atoms with E-state index in [1.165, 1.54) is 19.3 Å². The van der Waals surface area contributed by atoms with Gasteiger partial charge in [-0.25, -0.2) is 0 Å². The van der Waals surface area contributed by atoms with Crippen molar-refractivity contribution in [3.05, 3.63) is 23.8 Å². The molecule has 1 aromatic rings.